The second-order valence-electron chi connectivity index (χ2n) is 5.11. The standard InChI is InChI=1S/C16H17ClN2O3S/c1-11-14(4-3-5-15(11)23(2,21)22)18-10-16(20)19-13-8-6-12(17)7-9-13/h3-9,18H,10H2,1-2H3,(H,19,20). The molecule has 0 fully saturated rings. The van der Waals surface area contributed by atoms with Crippen molar-refractivity contribution in [3.05, 3.63) is 53.1 Å². The van der Waals surface area contributed by atoms with Crippen molar-refractivity contribution in [3.8, 4) is 0 Å². The normalized spacial score (nSPS) is 11.1. The molecule has 0 saturated carbocycles. The Morgan fingerprint density at radius 1 is 1.13 bits per heavy atom. The van der Waals surface area contributed by atoms with Crippen LogP contribution in [0, 0.1) is 6.92 Å². The van der Waals surface area contributed by atoms with Crippen LogP contribution in [0.1, 0.15) is 5.56 Å². The number of nitrogens with one attached hydrogen (secondary N) is 2. The van der Waals surface area contributed by atoms with Crippen LogP contribution in [-0.2, 0) is 14.6 Å². The van der Waals surface area contributed by atoms with E-state index in [-0.39, 0.29) is 17.3 Å². The Hall–Kier alpha value is -2.05. The van der Waals surface area contributed by atoms with Crippen LogP contribution in [-0.4, -0.2) is 27.1 Å². The molecule has 1 amide bonds. The molecule has 0 heterocycles. The molecule has 122 valence electrons. The third-order valence-electron chi connectivity index (χ3n) is 3.25. The summed E-state index contributed by atoms with van der Waals surface area (Å²) >= 11 is 5.78. The zero-order valence-electron chi connectivity index (χ0n) is 12.8. The van der Waals surface area contributed by atoms with E-state index in [0.29, 0.717) is 22.0 Å². The first-order chi connectivity index (χ1) is 10.8. The summed E-state index contributed by atoms with van der Waals surface area (Å²) in [4.78, 5) is 12.2. The van der Waals surface area contributed by atoms with E-state index in [4.69, 9.17) is 11.6 Å². The first-order valence-electron chi connectivity index (χ1n) is 6.86. The van der Waals surface area contributed by atoms with E-state index in [1.807, 2.05) is 0 Å². The minimum Gasteiger partial charge on any atom is -0.376 e. The monoisotopic (exact) mass is 352 g/mol. The Morgan fingerprint density at radius 3 is 2.39 bits per heavy atom. The maximum atomic E-state index is 11.9. The number of carbonyl (C=O) groups excluding carboxylic acids is 1. The summed E-state index contributed by atoms with van der Waals surface area (Å²) in [6.45, 7) is 1.73. The molecular weight excluding hydrogens is 336 g/mol. The largest absolute Gasteiger partial charge is 0.376 e. The van der Waals surface area contributed by atoms with Crippen molar-refractivity contribution in [2.24, 2.45) is 0 Å². The molecule has 2 rings (SSSR count). The van der Waals surface area contributed by atoms with Crippen molar-refractivity contribution in [3.63, 3.8) is 0 Å². The van der Waals surface area contributed by atoms with Crippen LogP contribution in [0.15, 0.2) is 47.4 Å². The molecule has 7 heteroatoms. The van der Waals surface area contributed by atoms with Crippen LogP contribution in [0.4, 0.5) is 11.4 Å². The molecule has 0 aliphatic carbocycles. The van der Waals surface area contributed by atoms with Crippen molar-refractivity contribution in [1.29, 1.82) is 0 Å². The molecule has 23 heavy (non-hydrogen) atoms. The highest BCUT2D eigenvalue weighted by Gasteiger charge is 2.13. The van der Waals surface area contributed by atoms with Crippen LogP contribution in [0.25, 0.3) is 0 Å². The van der Waals surface area contributed by atoms with Gasteiger partial charge < -0.3 is 10.6 Å². The summed E-state index contributed by atoms with van der Waals surface area (Å²) in [5, 5.41) is 6.27. The molecule has 5 nitrogen and oxygen atoms in total. The number of carbonyl (C=O) groups is 1. The summed E-state index contributed by atoms with van der Waals surface area (Å²) in [5.41, 5.74) is 1.84. The lowest BCUT2D eigenvalue weighted by Crippen LogP contribution is -2.22. The molecule has 0 aromatic heterocycles. The Labute approximate surface area is 140 Å². The third-order valence-corrected chi connectivity index (χ3v) is 4.74. The van der Waals surface area contributed by atoms with Gasteiger partial charge in [0.2, 0.25) is 5.91 Å². The molecule has 0 aliphatic rings. The van der Waals surface area contributed by atoms with Gasteiger partial charge in [0.05, 0.1) is 11.4 Å². The van der Waals surface area contributed by atoms with E-state index in [1.54, 1.807) is 49.4 Å². The fourth-order valence-corrected chi connectivity index (χ4v) is 3.24. The van der Waals surface area contributed by atoms with Crippen LogP contribution >= 0.6 is 11.6 Å². The number of benzene rings is 2. The van der Waals surface area contributed by atoms with Crippen molar-refractivity contribution in [2.75, 3.05) is 23.4 Å². The summed E-state index contributed by atoms with van der Waals surface area (Å²) in [6, 6.07) is 11.7. The Balaban J connectivity index is 2.03. The second-order valence-corrected chi connectivity index (χ2v) is 7.53. The van der Waals surface area contributed by atoms with Gasteiger partial charge in [0.1, 0.15) is 0 Å². The number of rotatable bonds is 5. The molecule has 0 unspecified atom stereocenters. The highest BCUT2D eigenvalue weighted by Crippen LogP contribution is 2.22. The summed E-state index contributed by atoms with van der Waals surface area (Å²) in [5.74, 6) is -0.239. The molecule has 0 spiro atoms. The molecule has 2 aromatic rings. The zero-order valence-corrected chi connectivity index (χ0v) is 14.3. The van der Waals surface area contributed by atoms with E-state index >= 15 is 0 Å². The molecule has 0 saturated heterocycles. The van der Waals surface area contributed by atoms with Crippen molar-refractivity contribution < 1.29 is 13.2 Å². The number of halogens is 1. The fourth-order valence-electron chi connectivity index (χ4n) is 2.12. The number of anilines is 2. The fraction of sp³-hybridized carbons (Fsp3) is 0.188. The van der Waals surface area contributed by atoms with E-state index in [2.05, 4.69) is 10.6 Å². The summed E-state index contributed by atoms with van der Waals surface area (Å²) < 4.78 is 23.4. The molecule has 0 atom stereocenters. The number of hydrogen-bond acceptors (Lipinski definition) is 4. The summed E-state index contributed by atoms with van der Waals surface area (Å²) in [6.07, 6.45) is 1.16. The smallest absolute Gasteiger partial charge is 0.243 e. The lowest BCUT2D eigenvalue weighted by molar-refractivity contribution is -0.114. The zero-order chi connectivity index (χ0) is 17.0. The molecule has 0 aliphatic heterocycles. The minimum absolute atomic E-state index is 0.0245. The maximum absolute atomic E-state index is 11.9. The number of amides is 1. The van der Waals surface area contributed by atoms with Crippen molar-refractivity contribution >= 4 is 38.7 Å². The van der Waals surface area contributed by atoms with Gasteiger partial charge in [-0.3, -0.25) is 4.79 Å². The van der Waals surface area contributed by atoms with Crippen LogP contribution in [0.2, 0.25) is 5.02 Å². The van der Waals surface area contributed by atoms with E-state index in [0.717, 1.165) is 6.26 Å². The van der Waals surface area contributed by atoms with Crippen LogP contribution in [0.5, 0.6) is 0 Å². The van der Waals surface area contributed by atoms with Crippen molar-refractivity contribution in [1.82, 2.24) is 0 Å². The molecule has 2 N–H and O–H groups in total. The van der Waals surface area contributed by atoms with Gasteiger partial charge in [0, 0.05) is 22.7 Å². The third kappa shape index (κ3) is 4.71. The van der Waals surface area contributed by atoms with Crippen LogP contribution in [0.3, 0.4) is 0 Å². The van der Waals surface area contributed by atoms with Gasteiger partial charge in [0.15, 0.2) is 9.84 Å². The first kappa shape index (κ1) is 17.3. The van der Waals surface area contributed by atoms with Gasteiger partial charge in [0.25, 0.3) is 0 Å². The molecule has 0 bridgehead atoms. The van der Waals surface area contributed by atoms with Crippen LogP contribution < -0.4 is 10.6 Å². The lowest BCUT2D eigenvalue weighted by atomic mass is 10.2. The maximum Gasteiger partial charge on any atom is 0.243 e. The Kier molecular flexibility index (Phi) is 5.28. The first-order valence-corrected chi connectivity index (χ1v) is 9.13. The van der Waals surface area contributed by atoms with E-state index < -0.39 is 9.84 Å². The predicted molar refractivity (Wildman–Crippen MR) is 92.9 cm³/mol. The van der Waals surface area contributed by atoms with E-state index in [9.17, 15) is 13.2 Å². The minimum atomic E-state index is -3.30. The second kappa shape index (κ2) is 7.02. The lowest BCUT2D eigenvalue weighted by Gasteiger charge is -2.12. The summed E-state index contributed by atoms with van der Waals surface area (Å²) in [7, 11) is -3.30. The molecule has 0 radical (unpaired) electrons. The number of sulfone groups is 1. The van der Waals surface area contributed by atoms with Gasteiger partial charge in [-0.1, -0.05) is 17.7 Å². The van der Waals surface area contributed by atoms with Gasteiger partial charge in [-0.2, -0.15) is 0 Å². The van der Waals surface area contributed by atoms with E-state index in [1.165, 1.54) is 0 Å². The van der Waals surface area contributed by atoms with Gasteiger partial charge >= 0.3 is 0 Å². The Bertz CT molecular complexity index is 818. The highest BCUT2D eigenvalue weighted by molar-refractivity contribution is 7.90. The SMILES string of the molecule is Cc1c(NCC(=O)Nc2ccc(Cl)cc2)cccc1S(C)(=O)=O. The van der Waals surface area contributed by atoms with Gasteiger partial charge in [-0.25, -0.2) is 8.42 Å². The molecule has 2 aromatic carbocycles. The quantitative estimate of drug-likeness (QED) is 0.867. The predicted octanol–water partition coefficient (Wildman–Crippen LogP) is 3.10. The highest BCUT2D eigenvalue weighted by atomic mass is 35.5. The topological polar surface area (TPSA) is 75.3 Å². The average Bonchev–Trinajstić information content (AvgIpc) is 2.47. The molecular formula is C16H17ClN2O3S. The average molecular weight is 353 g/mol. The van der Waals surface area contributed by atoms with Crippen molar-refractivity contribution in [2.45, 2.75) is 11.8 Å². The van der Waals surface area contributed by atoms with Gasteiger partial charge in [-0.05, 0) is 48.9 Å². The Morgan fingerprint density at radius 2 is 1.78 bits per heavy atom. The van der Waals surface area contributed by atoms with Gasteiger partial charge in [-0.15, -0.1) is 0 Å². The number of hydrogen-bond donors (Lipinski definition) is 2.